The standard InChI is InChI=1S/C26H26F8N2O3/c1-15(17-11-18(25(29,30)31)13-19(12-17)26(32,33)34)35(2)22(37)14-21(16-3-5-20(27)6-4-16)24(28)7-9-36(10-8-24)23(38)39/h3-6,11-13,15,21H,7-10,14H2,1-2H3,(H,38,39)/t15-,21?/m0/s1. The van der Waals surface area contributed by atoms with Crippen LogP contribution in [0.1, 0.15) is 60.4 Å². The van der Waals surface area contributed by atoms with E-state index in [1.807, 2.05) is 0 Å². The number of carbonyl (C=O) groups excluding carboxylic acids is 1. The fraction of sp³-hybridized carbons (Fsp3) is 0.462. The number of hydrogen-bond donors (Lipinski definition) is 1. The van der Waals surface area contributed by atoms with Crippen molar-refractivity contribution < 1.29 is 49.8 Å². The third kappa shape index (κ3) is 6.99. The van der Waals surface area contributed by atoms with Gasteiger partial charge in [0.1, 0.15) is 11.5 Å². The Hall–Kier alpha value is -3.38. The van der Waals surface area contributed by atoms with Crippen molar-refractivity contribution >= 4 is 12.0 Å². The number of hydrogen-bond acceptors (Lipinski definition) is 2. The molecule has 2 aromatic rings. The van der Waals surface area contributed by atoms with Gasteiger partial charge in [-0.25, -0.2) is 13.6 Å². The van der Waals surface area contributed by atoms with Crippen LogP contribution in [0.4, 0.5) is 39.9 Å². The zero-order valence-corrected chi connectivity index (χ0v) is 20.9. The number of benzene rings is 2. The Kier molecular flexibility index (Phi) is 8.51. The lowest BCUT2D eigenvalue weighted by atomic mass is 9.75. The van der Waals surface area contributed by atoms with Crippen LogP contribution in [0.2, 0.25) is 0 Å². The van der Waals surface area contributed by atoms with E-state index in [9.17, 15) is 45.4 Å². The maximum atomic E-state index is 16.2. The summed E-state index contributed by atoms with van der Waals surface area (Å²) in [4.78, 5) is 26.5. The molecule has 1 heterocycles. The zero-order chi connectivity index (χ0) is 29.3. The smallest absolute Gasteiger partial charge is 0.416 e. The van der Waals surface area contributed by atoms with Crippen molar-refractivity contribution in [2.24, 2.45) is 0 Å². The second kappa shape index (κ2) is 11.0. The van der Waals surface area contributed by atoms with E-state index in [1.54, 1.807) is 0 Å². The van der Waals surface area contributed by atoms with Crippen LogP contribution < -0.4 is 0 Å². The molecule has 1 aliphatic rings. The SMILES string of the molecule is C[C@@H](c1cc(C(F)(F)F)cc(C(F)(F)F)c1)N(C)C(=O)CC(c1ccc(F)cc1)C1(F)CCN(C(=O)O)CC1. The highest BCUT2D eigenvalue weighted by Gasteiger charge is 2.45. The summed E-state index contributed by atoms with van der Waals surface area (Å²) in [6.45, 7) is 0.930. The van der Waals surface area contributed by atoms with Crippen LogP contribution in [0, 0.1) is 5.82 Å². The number of carbonyl (C=O) groups is 2. The molecule has 0 saturated carbocycles. The van der Waals surface area contributed by atoms with E-state index < -0.39 is 70.9 Å². The molecule has 214 valence electrons. The quantitative estimate of drug-likeness (QED) is 0.382. The topological polar surface area (TPSA) is 60.9 Å². The number of piperidine rings is 1. The number of rotatable bonds is 6. The molecule has 13 heteroatoms. The van der Waals surface area contributed by atoms with Crippen LogP contribution in [0.5, 0.6) is 0 Å². The van der Waals surface area contributed by atoms with Gasteiger partial charge >= 0.3 is 18.4 Å². The van der Waals surface area contributed by atoms with Crippen molar-refractivity contribution in [1.29, 1.82) is 0 Å². The van der Waals surface area contributed by atoms with Gasteiger partial charge in [-0.1, -0.05) is 12.1 Å². The zero-order valence-electron chi connectivity index (χ0n) is 20.9. The van der Waals surface area contributed by atoms with E-state index in [-0.39, 0.29) is 37.6 Å². The Bertz CT molecular complexity index is 1160. The molecule has 0 aromatic heterocycles. The minimum absolute atomic E-state index is 0.0149. The molecule has 1 unspecified atom stereocenters. The first kappa shape index (κ1) is 30.2. The van der Waals surface area contributed by atoms with Crippen LogP contribution in [-0.4, -0.2) is 52.7 Å². The highest BCUT2D eigenvalue weighted by molar-refractivity contribution is 5.77. The van der Waals surface area contributed by atoms with Crippen molar-refractivity contribution in [3.05, 3.63) is 70.5 Å². The Morgan fingerprint density at radius 1 is 0.949 bits per heavy atom. The monoisotopic (exact) mass is 566 g/mol. The highest BCUT2D eigenvalue weighted by Crippen LogP contribution is 2.43. The normalized spacial score (nSPS) is 17.4. The van der Waals surface area contributed by atoms with Gasteiger partial charge in [-0.05, 0) is 61.2 Å². The van der Waals surface area contributed by atoms with E-state index in [4.69, 9.17) is 0 Å². The summed E-state index contributed by atoms with van der Waals surface area (Å²) < 4.78 is 110. The van der Waals surface area contributed by atoms with Crippen molar-refractivity contribution in [2.75, 3.05) is 20.1 Å². The summed E-state index contributed by atoms with van der Waals surface area (Å²) >= 11 is 0. The van der Waals surface area contributed by atoms with E-state index in [0.717, 1.165) is 21.9 Å². The average molecular weight is 566 g/mol. The van der Waals surface area contributed by atoms with Crippen LogP contribution in [0.3, 0.4) is 0 Å². The molecule has 0 spiro atoms. The number of halogens is 8. The molecule has 5 nitrogen and oxygen atoms in total. The predicted octanol–water partition coefficient (Wildman–Crippen LogP) is 7.04. The molecule has 1 fully saturated rings. The molecule has 2 amide bonds. The van der Waals surface area contributed by atoms with Gasteiger partial charge < -0.3 is 14.9 Å². The second-order valence-electron chi connectivity index (χ2n) is 9.63. The second-order valence-corrected chi connectivity index (χ2v) is 9.63. The lowest BCUT2D eigenvalue weighted by molar-refractivity contribution is -0.143. The van der Waals surface area contributed by atoms with Crippen LogP contribution in [0.25, 0.3) is 0 Å². The first-order valence-electron chi connectivity index (χ1n) is 11.9. The van der Waals surface area contributed by atoms with Gasteiger partial charge in [-0.15, -0.1) is 0 Å². The molecule has 0 bridgehead atoms. The molecule has 2 atom stereocenters. The fourth-order valence-corrected chi connectivity index (χ4v) is 4.69. The molecule has 2 aromatic carbocycles. The van der Waals surface area contributed by atoms with Gasteiger partial charge in [0, 0.05) is 32.5 Å². The van der Waals surface area contributed by atoms with Gasteiger partial charge in [-0.3, -0.25) is 4.79 Å². The number of alkyl halides is 7. The lowest BCUT2D eigenvalue weighted by Gasteiger charge is -2.41. The van der Waals surface area contributed by atoms with E-state index in [0.29, 0.717) is 12.1 Å². The van der Waals surface area contributed by atoms with Gasteiger partial charge in [0.2, 0.25) is 5.91 Å². The molecule has 3 rings (SSSR count). The molecule has 39 heavy (non-hydrogen) atoms. The minimum Gasteiger partial charge on any atom is -0.465 e. The number of likely N-dealkylation sites (tertiary alicyclic amines) is 1. The van der Waals surface area contributed by atoms with Gasteiger partial charge in [0.25, 0.3) is 0 Å². The largest absolute Gasteiger partial charge is 0.465 e. The molecule has 0 aliphatic carbocycles. The summed E-state index contributed by atoms with van der Waals surface area (Å²) in [6.07, 6.45) is -12.5. The van der Waals surface area contributed by atoms with Gasteiger partial charge in [0.15, 0.2) is 0 Å². The molecule has 1 N–H and O–H groups in total. The predicted molar refractivity (Wildman–Crippen MR) is 124 cm³/mol. The van der Waals surface area contributed by atoms with Crippen molar-refractivity contribution in [2.45, 2.75) is 56.2 Å². The maximum Gasteiger partial charge on any atom is 0.416 e. The fourth-order valence-electron chi connectivity index (χ4n) is 4.69. The summed E-state index contributed by atoms with van der Waals surface area (Å²) in [5.41, 5.74) is -5.32. The molecule has 0 radical (unpaired) electrons. The lowest BCUT2D eigenvalue weighted by Crippen LogP contribution is -2.48. The number of carboxylic acid groups (broad SMARTS) is 1. The Morgan fingerprint density at radius 3 is 1.87 bits per heavy atom. The first-order valence-corrected chi connectivity index (χ1v) is 11.9. The van der Waals surface area contributed by atoms with Crippen LogP contribution in [0.15, 0.2) is 42.5 Å². The van der Waals surface area contributed by atoms with E-state index in [2.05, 4.69) is 0 Å². The maximum absolute atomic E-state index is 16.2. The molecule has 1 aliphatic heterocycles. The average Bonchev–Trinajstić information content (AvgIpc) is 2.85. The number of amides is 2. The van der Waals surface area contributed by atoms with Crippen molar-refractivity contribution in [3.63, 3.8) is 0 Å². The summed E-state index contributed by atoms with van der Waals surface area (Å²) in [6, 6.07) is 4.48. The van der Waals surface area contributed by atoms with Crippen molar-refractivity contribution in [1.82, 2.24) is 9.80 Å². The van der Waals surface area contributed by atoms with Crippen LogP contribution >= 0.6 is 0 Å². The van der Waals surface area contributed by atoms with Gasteiger partial charge in [0.05, 0.1) is 17.2 Å². The van der Waals surface area contributed by atoms with E-state index >= 15 is 4.39 Å². The van der Waals surface area contributed by atoms with Crippen LogP contribution in [-0.2, 0) is 17.1 Å². The molecular weight excluding hydrogens is 540 g/mol. The number of nitrogens with zero attached hydrogens (tertiary/aromatic N) is 2. The highest BCUT2D eigenvalue weighted by atomic mass is 19.4. The van der Waals surface area contributed by atoms with Gasteiger partial charge in [-0.2, -0.15) is 26.3 Å². The Labute approximate surface area is 219 Å². The third-order valence-corrected chi connectivity index (χ3v) is 7.21. The minimum atomic E-state index is -5.07. The Balaban J connectivity index is 1.91. The Morgan fingerprint density at radius 2 is 1.44 bits per heavy atom. The molecule has 1 saturated heterocycles. The third-order valence-electron chi connectivity index (χ3n) is 7.21. The summed E-state index contributed by atoms with van der Waals surface area (Å²) in [5.74, 6) is -2.57. The summed E-state index contributed by atoms with van der Waals surface area (Å²) in [5, 5.41) is 9.18. The first-order chi connectivity index (χ1) is 17.9. The summed E-state index contributed by atoms with van der Waals surface area (Å²) in [7, 11) is 1.18. The van der Waals surface area contributed by atoms with E-state index in [1.165, 1.54) is 26.1 Å². The molecular formula is C26H26F8N2O3. The van der Waals surface area contributed by atoms with Crippen molar-refractivity contribution in [3.8, 4) is 0 Å².